The van der Waals surface area contributed by atoms with E-state index >= 15 is 0 Å². The second-order valence-electron chi connectivity index (χ2n) is 4.29. The third kappa shape index (κ3) is 2.15. The lowest BCUT2D eigenvalue weighted by molar-refractivity contribution is -0.113. The first-order valence-electron chi connectivity index (χ1n) is 6.00. The molecule has 5 heteroatoms. The molecule has 3 rings (SSSR count). The lowest BCUT2D eigenvalue weighted by atomic mass is 10.0. The number of rotatable bonds is 3. The molecule has 0 radical (unpaired) electrons. The number of nitrogens with zero attached hydrogens (tertiary/aromatic N) is 3. The van der Waals surface area contributed by atoms with E-state index in [1.54, 1.807) is 6.21 Å². The highest BCUT2D eigenvalue weighted by atomic mass is 16.1. The van der Waals surface area contributed by atoms with Gasteiger partial charge in [0.25, 0.3) is 5.91 Å². The molecule has 1 aromatic rings. The molecule has 0 atom stereocenters. The molecule has 0 aromatic heterocycles. The number of carbonyl (C=O) groups is 1. The van der Waals surface area contributed by atoms with E-state index in [0.717, 1.165) is 11.1 Å². The molecule has 0 aliphatic carbocycles. The molecule has 2 heterocycles. The molecule has 2 aliphatic rings. The van der Waals surface area contributed by atoms with Crippen LogP contribution in [0.5, 0.6) is 0 Å². The Kier molecular flexibility index (Phi) is 2.89. The average molecular weight is 252 g/mol. The molecule has 0 saturated heterocycles. The smallest absolute Gasteiger partial charge is 0.282 e. The maximum Gasteiger partial charge on any atom is 0.282 e. The zero-order valence-electron chi connectivity index (χ0n) is 10.2. The van der Waals surface area contributed by atoms with Crippen molar-refractivity contribution in [3.05, 3.63) is 47.0 Å². The maximum absolute atomic E-state index is 12.0. The fourth-order valence-electron chi connectivity index (χ4n) is 2.09. The van der Waals surface area contributed by atoms with Gasteiger partial charge in [0.15, 0.2) is 5.84 Å². The molecule has 5 nitrogen and oxygen atoms in total. The predicted molar refractivity (Wildman–Crippen MR) is 74.6 cm³/mol. The van der Waals surface area contributed by atoms with Crippen molar-refractivity contribution in [2.24, 2.45) is 20.7 Å². The number of fused-ring (bicyclic) bond motifs is 1. The van der Waals surface area contributed by atoms with Gasteiger partial charge in [0.1, 0.15) is 5.84 Å². The summed E-state index contributed by atoms with van der Waals surface area (Å²) in [5.74, 6) is 0.474. The standard InChI is InChI=1S/C14H12N4O/c15-7-11-17-13-12(14(19)18-11)10(8-16-13)6-9-4-2-1-3-5-9/h1-5,8H,6-7,15H2. The van der Waals surface area contributed by atoms with E-state index in [2.05, 4.69) is 15.0 Å². The summed E-state index contributed by atoms with van der Waals surface area (Å²) in [6.45, 7) is 0.145. The Hall–Kier alpha value is -2.40. The Labute approximate surface area is 110 Å². The normalized spacial score (nSPS) is 17.4. The number of amidine groups is 2. The summed E-state index contributed by atoms with van der Waals surface area (Å²) in [4.78, 5) is 24.2. The number of aliphatic imine (C=N–C) groups is 3. The van der Waals surface area contributed by atoms with E-state index in [0.29, 0.717) is 23.7 Å². The van der Waals surface area contributed by atoms with Crippen LogP contribution in [0.3, 0.4) is 0 Å². The molecule has 0 spiro atoms. The number of hydrogen-bond donors (Lipinski definition) is 1. The van der Waals surface area contributed by atoms with Gasteiger partial charge in [-0.1, -0.05) is 30.3 Å². The second-order valence-corrected chi connectivity index (χ2v) is 4.29. The molecule has 2 N–H and O–H groups in total. The van der Waals surface area contributed by atoms with Crippen LogP contribution in [0.15, 0.2) is 56.5 Å². The summed E-state index contributed by atoms with van der Waals surface area (Å²) in [5.41, 5.74) is 7.93. The van der Waals surface area contributed by atoms with Crippen molar-refractivity contribution in [1.29, 1.82) is 0 Å². The van der Waals surface area contributed by atoms with E-state index in [4.69, 9.17) is 5.73 Å². The number of nitrogens with two attached hydrogens (primary N) is 1. The van der Waals surface area contributed by atoms with Gasteiger partial charge < -0.3 is 5.73 Å². The van der Waals surface area contributed by atoms with Crippen molar-refractivity contribution in [2.75, 3.05) is 6.54 Å². The summed E-state index contributed by atoms with van der Waals surface area (Å²) in [7, 11) is 0. The van der Waals surface area contributed by atoms with Crippen LogP contribution in [-0.2, 0) is 11.2 Å². The average Bonchev–Trinajstić information content (AvgIpc) is 2.83. The van der Waals surface area contributed by atoms with Gasteiger partial charge in [-0.05, 0) is 17.6 Å². The van der Waals surface area contributed by atoms with Crippen molar-refractivity contribution in [3.63, 3.8) is 0 Å². The summed E-state index contributed by atoms with van der Waals surface area (Å²) in [6.07, 6.45) is 2.34. The third-order valence-electron chi connectivity index (χ3n) is 2.99. The van der Waals surface area contributed by atoms with Crippen LogP contribution < -0.4 is 5.73 Å². The zero-order valence-corrected chi connectivity index (χ0v) is 10.2. The van der Waals surface area contributed by atoms with Crippen LogP contribution in [0.25, 0.3) is 0 Å². The topological polar surface area (TPSA) is 80.2 Å². The first kappa shape index (κ1) is 11.7. The van der Waals surface area contributed by atoms with Crippen LogP contribution >= 0.6 is 0 Å². The number of allylic oxidation sites excluding steroid dienone is 1. The third-order valence-corrected chi connectivity index (χ3v) is 2.99. The number of hydrogen-bond acceptors (Lipinski definition) is 4. The van der Waals surface area contributed by atoms with Crippen LogP contribution in [0.1, 0.15) is 5.56 Å². The largest absolute Gasteiger partial charge is 0.324 e. The Balaban J connectivity index is 1.95. The molecule has 0 fully saturated rings. The van der Waals surface area contributed by atoms with Gasteiger partial charge in [0.05, 0.1) is 12.1 Å². The Morgan fingerprint density at radius 1 is 1.11 bits per heavy atom. The summed E-state index contributed by atoms with van der Waals surface area (Å²) < 4.78 is 0. The zero-order chi connectivity index (χ0) is 13.2. The van der Waals surface area contributed by atoms with Gasteiger partial charge in [-0.2, -0.15) is 4.99 Å². The van der Waals surface area contributed by atoms with Gasteiger partial charge in [-0.3, -0.25) is 4.79 Å². The van der Waals surface area contributed by atoms with Crippen LogP contribution in [0.4, 0.5) is 0 Å². The quantitative estimate of drug-likeness (QED) is 0.867. The number of amides is 1. The molecule has 94 valence electrons. The lowest BCUT2D eigenvalue weighted by Gasteiger charge is -2.08. The van der Waals surface area contributed by atoms with Crippen LogP contribution in [0, 0.1) is 0 Å². The molecule has 0 saturated carbocycles. The van der Waals surface area contributed by atoms with Gasteiger partial charge >= 0.3 is 0 Å². The van der Waals surface area contributed by atoms with E-state index in [1.165, 1.54) is 0 Å². The van der Waals surface area contributed by atoms with E-state index < -0.39 is 0 Å². The minimum Gasteiger partial charge on any atom is -0.324 e. The monoisotopic (exact) mass is 252 g/mol. The van der Waals surface area contributed by atoms with Crippen molar-refractivity contribution in [3.8, 4) is 0 Å². The van der Waals surface area contributed by atoms with Gasteiger partial charge in [-0.25, -0.2) is 9.98 Å². The summed E-state index contributed by atoms with van der Waals surface area (Å²) in [5, 5.41) is 0. The number of benzene rings is 1. The molecule has 19 heavy (non-hydrogen) atoms. The van der Waals surface area contributed by atoms with Gasteiger partial charge in [0.2, 0.25) is 0 Å². The predicted octanol–water partition coefficient (Wildman–Crippen LogP) is 0.906. The van der Waals surface area contributed by atoms with Crippen molar-refractivity contribution in [1.82, 2.24) is 0 Å². The molecular weight excluding hydrogens is 240 g/mol. The minimum absolute atomic E-state index is 0.145. The fourth-order valence-corrected chi connectivity index (χ4v) is 2.09. The number of carbonyl (C=O) groups excluding carboxylic acids is 1. The van der Waals surface area contributed by atoms with Gasteiger partial charge in [-0.15, -0.1) is 0 Å². The van der Waals surface area contributed by atoms with E-state index in [1.807, 2.05) is 30.3 Å². The summed E-state index contributed by atoms with van der Waals surface area (Å²) >= 11 is 0. The van der Waals surface area contributed by atoms with Crippen LogP contribution in [0.2, 0.25) is 0 Å². The van der Waals surface area contributed by atoms with E-state index in [9.17, 15) is 4.79 Å². The molecule has 1 amide bonds. The van der Waals surface area contributed by atoms with Gasteiger partial charge in [0, 0.05) is 6.21 Å². The molecule has 2 aliphatic heterocycles. The maximum atomic E-state index is 12.0. The fraction of sp³-hybridized carbons (Fsp3) is 0.143. The van der Waals surface area contributed by atoms with Crippen LogP contribution in [-0.4, -0.2) is 30.3 Å². The minimum atomic E-state index is -0.297. The van der Waals surface area contributed by atoms with Crippen molar-refractivity contribution in [2.45, 2.75) is 6.42 Å². The lowest BCUT2D eigenvalue weighted by Crippen LogP contribution is -2.23. The highest BCUT2D eigenvalue weighted by molar-refractivity contribution is 6.34. The van der Waals surface area contributed by atoms with Crippen molar-refractivity contribution < 1.29 is 4.79 Å². The second kappa shape index (κ2) is 4.70. The molecular formula is C14H12N4O. The Morgan fingerprint density at radius 3 is 2.63 bits per heavy atom. The summed E-state index contributed by atoms with van der Waals surface area (Å²) in [6, 6.07) is 9.92. The van der Waals surface area contributed by atoms with E-state index in [-0.39, 0.29) is 12.5 Å². The Bertz CT molecular complexity index is 653. The Morgan fingerprint density at radius 2 is 1.89 bits per heavy atom. The first-order valence-corrected chi connectivity index (χ1v) is 6.00. The molecule has 1 aromatic carbocycles. The molecule has 0 bridgehead atoms. The first-order chi connectivity index (χ1) is 9.28. The SMILES string of the molecule is NCC1=NC(=O)C2=C(Cc3ccccc3)C=NC2=N1. The molecule has 0 unspecified atom stereocenters. The highest BCUT2D eigenvalue weighted by Crippen LogP contribution is 2.21. The van der Waals surface area contributed by atoms with Crippen molar-refractivity contribution >= 4 is 23.8 Å². The highest BCUT2D eigenvalue weighted by Gasteiger charge is 2.28.